The van der Waals surface area contributed by atoms with Gasteiger partial charge in [-0.2, -0.15) is 0 Å². The number of aryl methyl sites for hydroxylation is 1. The van der Waals surface area contributed by atoms with Gasteiger partial charge in [-0.15, -0.1) is 0 Å². The van der Waals surface area contributed by atoms with Gasteiger partial charge in [0.15, 0.2) is 5.78 Å². The Balaban J connectivity index is 0.641. The van der Waals surface area contributed by atoms with E-state index in [0.717, 1.165) is 145 Å². The summed E-state index contributed by atoms with van der Waals surface area (Å²) in [5.74, 6) is 0.370. The molecule has 5 aliphatic heterocycles. The third-order valence-electron chi connectivity index (χ3n) is 15.4. The maximum absolute atomic E-state index is 13.6. The summed E-state index contributed by atoms with van der Waals surface area (Å²) in [7, 11) is 0. The zero-order valence-corrected chi connectivity index (χ0v) is 38.6. The second-order valence-electron chi connectivity index (χ2n) is 19.5. The highest BCUT2D eigenvalue weighted by molar-refractivity contribution is 6.05. The van der Waals surface area contributed by atoms with E-state index in [2.05, 4.69) is 53.0 Å². The number of nitrogens with zero attached hydrogens (tertiary/aromatic N) is 10. The van der Waals surface area contributed by atoms with Gasteiger partial charge >= 0.3 is 0 Å². The molecule has 3 aromatic heterocycles. The number of anilines is 2. The molecule has 1 atom stereocenters. The number of carbonyl (C=O) groups is 4. The molecule has 1 unspecified atom stereocenters. The molecule has 10 rings (SSSR count). The quantitative estimate of drug-likeness (QED) is 0.162. The number of pyridine rings is 2. The van der Waals surface area contributed by atoms with Crippen LogP contribution in [-0.2, 0) is 22.6 Å². The van der Waals surface area contributed by atoms with Gasteiger partial charge in [-0.3, -0.25) is 48.6 Å². The van der Waals surface area contributed by atoms with Gasteiger partial charge < -0.3 is 19.6 Å². The number of amides is 3. The third-order valence-corrected chi connectivity index (χ3v) is 15.4. The van der Waals surface area contributed by atoms with E-state index in [0.29, 0.717) is 42.0 Å². The predicted octanol–water partition coefficient (Wildman–Crippen LogP) is 3.82. The van der Waals surface area contributed by atoms with Gasteiger partial charge in [0.1, 0.15) is 17.5 Å². The number of fused-ring (bicyclic) bond motifs is 2. The highest BCUT2D eigenvalue weighted by Gasteiger charge is 2.39. The lowest BCUT2D eigenvalue weighted by Crippen LogP contribution is -2.52. The summed E-state index contributed by atoms with van der Waals surface area (Å²) in [6.45, 7) is 17.4. The molecule has 0 bridgehead atoms. The molecule has 1 aliphatic carbocycles. The van der Waals surface area contributed by atoms with Gasteiger partial charge in [0.25, 0.3) is 11.5 Å². The Labute approximate surface area is 386 Å². The summed E-state index contributed by atoms with van der Waals surface area (Å²) in [5, 5.41) is 3.15. The molecule has 1 aromatic carbocycles. The smallest absolute Gasteiger partial charge is 0.263 e. The minimum absolute atomic E-state index is 0.0512. The number of ketones is 1. The van der Waals surface area contributed by atoms with Crippen molar-refractivity contribution in [1.29, 1.82) is 0 Å². The molecule has 6 aliphatic rings. The van der Waals surface area contributed by atoms with Crippen molar-refractivity contribution in [3.63, 3.8) is 0 Å². The van der Waals surface area contributed by atoms with E-state index < -0.39 is 6.04 Å². The van der Waals surface area contributed by atoms with E-state index in [-0.39, 0.29) is 47.1 Å². The molecular weight excluding hydrogens is 835 g/mol. The number of hydrogen-bond donors (Lipinski definition) is 1. The normalized spacial score (nSPS) is 21.9. The van der Waals surface area contributed by atoms with Crippen LogP contribution in [0.4, 0.5) is 11.4 Å². The van der Waals surface area contributed by atoms with Gasteiger partial charge in [0, 0.05) is 120 Å². The summed E-state index contributed by atoms with van der Waals surface area (Å²) in [6.07, 6.45) is 11.3. The second-order valence-corrected chi connectivity index (χ2v) is 19.5. The van der Waals surface area contributed by atoms with Crippen LogP contribution in [-0.4, -0.2) is 154 Å². The second kappa shape index (κ2) is 19.0. The fourth-order valence-electron chi connectivity index (χ4n) is 11.5. The highest BCUT2D eigenvalue weighted by atomic mass is 16.2. The maximum Gasteiger partial charge on any atom is 0.263 e. The average Bonchev–Trinajstić information content (AvgIpc) is 3.97. The number of piperidine rings is 2. The van der Waals surface area contributed by atoms with Crippen LogP contribution in [0.2, 0.25) is 0 Å². The van der Waals surface area contributed by atoms with Crippen LogP contribution in [0.1, 0.15) is 108 Å². The van der Waals surface area contributed by atoms with E-state index in [4.69, 9.17) is 9.97 Å². The Bertz CT molecular complexity index is 2550. The number of benzene rings is 1. The van der Waals surface area contributed by atoms with E-state index in [1.165, 1.54) is 19.8 Å². The summed E-state index contributed by atoms with van der Waals surface area (Å²) < 4.78 is 1.77. The number of carbonyl (C=O) groups excluding carboxylic acids is 4. The minimum Gasteiger partial charge on any atom is -0.369 e. The number of imide groups is 1. The van der Waals surface area contributed by atoms with E-state index in [1.54, 1.807) is 15.7 Å². The van der Waals surface area contributed by atoms with Crippen molar-refractivity contribution in [2.24, 2.45) is 5.92 Å². The lowest BCUT2D eigenvalue weighted by Gasteiger charge is -2.40. The zero-order chi connectivity index (χ0) is 45.5. The van der Waals surface area contributed by atoms with Crippen LogP contribution in [0.25, 0.3) is 11.0 Å². The van der Waals surface area contributed by atoms with Crippen LogP contribution in [0, 0.1) is 12.8 Å². The predicted molar refractivity (Wildman–Crippen MR) is 252 cm³/mol. The zero-order valence-electron chi connectivity index (χ0n) is 38.6. The molecule has 66 heavy (non-hydrogen) atoms. The number of piperazine rings is 2. The van der Waals surface area contributed by atoms with Gasteiger partial charge in [-0.1, -0.05) is 12.8 Å². The topological polar surface area (TPSA) is 160 Å². The van der Waals surface area contributed by atoms with Crippen molar-refractivity contribution >= 4 is 45.9 Å². The summed E-state index contributed by atoms with van der Waals surface area (Å²) in [5.41, 5.74) is 6.07. The molecule has 8 heterocycles. The van der Waals surface area contributed by atoms with Gasteiger partial charge in [-0.05, 0) is 106 Å². The Morgan fingerprint density at radius 1 is 0.758 bits per heavy atom. The molecule has 0 spiro atoms. The Hall–Kier alpha value is -5.58. The molecular formula is C50H63N11O5. The number of nitrogens with one attached hydrogen (secondary N) is 1. The molecule has 5 fully saturated rings. The van der Waals surface area contributed by atoms with Crippen molar-refractivity contribution in [2.45, 2.75) is 90.3 Å². The first-order valence-corrected chi connectivity index (χ1v) is 24.4. The molecule has 348 valence electrons. The third kappa shape index (κ3) is 9.11. The molecule has 3 amide bonds. The van der Waals surface area contributed by atoms with Gasteiger partial charge in [-0.25, -0.2) is 9.97 Å². The monoisotopic (exact) mass is 898 g/mol. The molecule has 16 nitrogen and oxygen atoms in total. The summed E-state index contributed by atoms with van der Waals surface area (Å²) in [6, 6.07) is 9.76. The molecule has 1 N–H and O–H groups in total. The highest BCUT2D eigenvalue weighted by Crippen LogP contribution is 2.33. The molecule has 0 radical (unpaired) electrons. The summed E-state index contributed by atoms with van der Waals surface area (Å²) in [4.78, 5) is 92.2. The van der Waals surface area contributed by atoms with Crippen LogP contribution < -0.4 is 20.7 Å². The largest absolute Gasteiger partial charge is 0.369 e. The van der Waals surface area contributed by atoms with Crippen molar-refractivity contribution in [2.75, 3.05) is 94.9 Å². The number of rotatable bonds is 12. The Morgan fingerprint density at radius 3 is 2.12 bits per heavy atom. The molecule has 4 saturated heterocycles. The fraction of sp³-hybridized carbons (Fsp3) is 0.560. The summed E-state index contributed by atoms with van der Waals surface area (Å²) >= 11 is 0. The first-order valence-electron chi connectivity index (χ1n) is 24.4. The van der Waals surface area contributed by atoms with Crippen molar-refractivity contribution in [1.82, 2.24) is 44.4 Å². The number of hydrogen-bond acceptors (Lipinski definition) is 13. The van der Waals surface area contributed by atoms with Crippen molar-refractivity contribution < 1.29 is 19.2 Å². The first kappa shape index (κ1) is 44.3. The van der Waals surface area contributed by atoms with E-state index in [1.807, 2.05) is 25.3 Å². The van der Waals surface area contributed by atoms with Crippen LogP contribution in [0.5, 0.6) is 0 Å². The standard InChI is InChI=1S/C50H63N11O5/c1-33-42-30-52-44(53-47(42)61(38-5-3-4-6-38)50(66)46(33)34(2)62)28-37-7-8-40(29-51-37)59-23-19-56(20-24-59)18-17-55-15-13-35(14-16-55)31-57-21-25-58(26-22-57)39-9-10-41-36(27-39)32-60(49(41)65)43-11-12-45(63)54-48(43)64/h7-10,27,29-30,35,38,43H,3-6,11-26,28,31-32H2,1-2H3,(H,54,63,64). The number of aromatic nitrogens is 4. The van der Waals surface area contributed by atoms with Crippen LogP contribution in [0.3, 0.4) is 0 Å². The van der Waals surface area contributed by atoms with E-state index in [9.17, 15) is 24.0 Å². The maximum atomic E-state index is 13.6. The van der Waals surface area contributed by atoms with Crippen LogP contribution >= 0.6 is 0 Å². The number of likely N-dealkylation sites (tertiary alicyclic amines) is 1. The number of Topliss-reactive ketones (excluding diaryl/α,β-unsaturated/α-hetero) is 1. The Kier molecular flexibility index (Phi) is 12.7. The average molecular weight is 898 g/mol. The lowest BCUT2D eigenvalue weighted by molar-refractivity contribution is -0.136. The molecule has 1 saturated carbocycles. The lowest BCUT2D eigenvalue weighted by atomic mass is 9.96. The molecule has 4 aromatic rings. The Morgan fingerprint density at radius 2 is 1.44 bits per heavy atom. The van der Waals surface area contributed by atoms with Crippen molar-refractivity contribution in [3.05, 3.63) is 86.9 Å². The van der Waals surface area contributed by atoms with E-state index >= 15 is 0 Å². The van der Waals surface area contributed by atoms with Gasteiger partial charge in [0.05, 0.1) is 23.9 Å². The first-order chi connectivity index (χ1) is 32.1. The van der Waals surface area contributed by atoms with Gasteiger partial charge in [0.2, 0.25) is 11.8 Å². The van der Waals surface area contributed by atoms with Crippen molar-refractivity contribution in [3.8, 4) is 0 Å². The molecule has 16 heteroatoms. The SMILES string of the molecule is CC(=O)c1c(C)c2cnc(Cc3ccc(N4CCN(CCN5CCC(CN6CCN(c7ccc8c(c7)CN(C7CCC(=O)NC7=O)C8=O)CC6)CC5)CC4)cn3)nc2n(C2CCCC2)c1=O. The minimum atomic E-state index is -0.589. The fourth-order valence-corrected chi connectivity index (χ4v) is 11.5. The van der Waals surface area contributed by atoms with Crippen LogP contribution in [0.15, 0.2) is 47.5 Å².